The summed E-state index contributed by atoms with van der Waals surface area (Å²) in [5.41, 5.74) is 2.13. The van der Waals surface area contributed by atoms with Gasteiger partial charge in [0.1, 0.15) is 0 Å². The summed E-state index contributed by atoms with van der Waals surface area (Å²) in [6.07, 6.45) is 2.95. The van der Waals surface area contributed by atoms with Crippen LogP contribution in [-0.4, -0.2) is 29.9 Å². The van der Waals surface area contributed by atoms with E-state index < -0.39 is 6.10 Å². The highest BCUT2D eigenvalue weighted by atomic mass is 16.5. The highest BCUT2D eigenvalue weighted by Gasteiger charge is 2.05. The molecule has 0 saturated carbocycles. The molecule has 0 aliphatic heterocycles. The predicted octanol–water partition coefficient (Wildman–Crippen LogP) is 1.19. The van der Waals surface area contributed by atoms with E-state index >= 15 is 0 Å². The van der Waals surface area contributed by atoms with Crippen LogP contribution in [0.25, 0.3) is 0 Å². The van der Waals surface area contributed by atoms with Crippen LogP contribution < -0.4 is 0 Å². The summed E-state index contributed by atoms with van der Waals surface area (Å²) < 4.78 is 4.84. The molecule has 0 aliphatic carbocycles. The molecule has 3 nitrogen and oxygen atoms in total. The Bertz CT molecular complexity index is 258. The van der Waals surface area contributed by atoms with Crippen molar-refractivity contribution in [2.75, 3.05) is 13.7 Å². The zero-order chi connectivity index (χ0) is 10.4. The van der Waals surface area contributed by atoms with Gasteiger partial charge in [-0.15, -0.1) is 0 Å². The maximum Gasteiger partial charge on any atom is 0.0828 e. The Balaban J connectivity index is 2.50. The molecule has 0 fully saturated rings. The monoisotopic (exact) mass is 195 g/mol. The third-order valence-electron chi connectivity index (χ3n) is 2.10. The van der Waals surface area contributed by atoms with E-state index in [0.29, 0.717) is 13.0 Å². The van der Waals surface area contributed by atoms with Gasteiger partial charge in [-0.25, -0.2) is 0 Å². The average Bonchev–Trinajstić information content (AvgIpc) is 2.19. The summed E-state index contributed by atoms with van der Waals surface area (Å²) in [5, 5.41) is 9.46. The van der Waals surface area contributed by atoms with Crippen LogP contribution in [0.4, 0.5) is 0 Å². The van der Waals surface area contributed by atoms with E-state index in [2.05, 4.69) is 11.9 Å². The SMILES string of the molecule is CCc1ccc(CC(O)COC)nc1. The number of rotatable bonds is 5. The lowest BCUT2D eigenvalue weighted by molar-refractivity contribution is 0.0644. The fourth-order valence-corrected chi connectivity index (χ4v) is 1.28. The molecule has 3 heteroatoms. The first kappa shape index (κ1) is 11.1. The van der Waals surface area contributed by atoms with Crippen LogP contribution in [0.5, 0.6) is 0 Å². The number of pyridine rings is 1. The number of ether oxygens (including phenoxy) is 1. The molecule has 1 atom stereocenters. The van der Waals surface area contributed by atoms with Crippen molar-refractivity contribution < 1.29 is 9.84 Å². The summed E-state index contributed by atoms with van der Waals surface area (Å²) >= 11 is 0. The van der Waals surface area contributed by atoms with Gasteiger partial charge in [0.15, 0.2) is 0 Å². The second kappa shape index (κ2) is 5.73. The molecule has 1 rings (SSSR count). The molecule has 1 unspecified atom stereocenters. The zero-order valence-corrected chi connectivity index (χ0v) is 8.73. The molecular formula is C11H17NO2. The van der Waals surface area contributed by atoms with Crippen molar-refractivity contribution in [2.24, 2.45) is 0 Å². The normalized spacial score (nSPS) is 12.8. The van der Waals surface area contributed by atoms with E-state index in [9.17, 15) is 5.11 Å². The van der Waals surface area contributed by atoms with Gasteiger partial charge in [-0.05, 0) is 18.1 Å². The van der Waals surface area contributed by atoms with Crippen molar-refractivity contribution in [3.05, 3.63) is 29.6 Å². The van der Waals surface area contributed by atoms with Crippen molar-refractivity contribution in [3.63, 3.8) is 0 Å². The number of hydrogen-bond acceptors (Lipinski definition) is 3. The van der Waals surface area contributed by atoms with E-state index in [1.807, 2.05) is 18.3 Å². The minimum Gasteiger partial charge on any atom is -0.390 e. The summed E-state index contributed by atoms with van der Waals surface area (Å²) in [5.74, 6) is 0. The van der Waals surface area contributed by atoms with Crippen molar-refractivity contribution in [1.82, 2.24) is 4.98 Å². The van der Waals surface area contributed by atoms with Crippen LogP contribution >= 0.6 is 0 Å². The first-order valence-corrected chi connectivity index (χ1v) is 4.87. The molecular weight excluding hydrogens is 178 g/mol. The highest BCUT2D eigenvalue weighted by Crippen LogP contribution is 2.03. The molecule has 0 amide bonds. The molecule has 1 N–H and O–H groups in total. The quantitative estimate of drug-likeness (QED) is 0.767. The molecule has 0 bridgehead atoms. The first-order valence-electron chi connectivity index (χ1n) is 4.87. The lowest BCUT2D eigenvalue weighted by Gasteiger charge is -2.08. The Morgan fingerprint density at radius 1 is 1.50 bits per heavy atom. The van der Waals surface area contributed by atoms with Crippen LogP contribution in [0.1, 0.15) is 18.2 Å². The summed E-state index contributed by atoms with van der Waals surface area (Å²) in [4.78, 5) is 4.26. The number of aliphatic hydroxyl groups excluding tert-OH is 1. The molecule has 0 aromatic carbocycles. The zero-order valence-electron chi connectivity index (χ0n) is 8.73. The van der Waals surface area contributed by atoms with Gasteiger partial charge >= 0.3 is 0 Å². The van der Waals surface area contributed by atoms with Crippen LogP contribution in [0.3, 0.4) is 0 Å². The molecule has 14 heavy (non-hydrogen) atoms. The predicted molar refractivity (Wildman–Crippen MR) is 55.2 cm³/mol. The fourth-order valence-electron chi connectivity index (χ4n) is 1.28. The van der Waals surface area contributed by atoms with Gasteiger partial charge in [-0.2, -0.15) is 0 Å². The Morgan fingerprint density at radius 2 is 2.29 bits per heavy atom. The van der Waals surface area contributed by atoms with E-state index in [0.717, 1.165) is 12.1 Å². The third-order valence-corrected chi connectivity index (χ3v) is 2.10. The lowest BCUT2D eigenvalue weighted by atomic mass is 10.1. The maximum absolute atomic E-state index is 9.46. The molecule has 0 radical (unpaired) electrons. The molecule has 1 aromatic heterocycles. The van der Waals surface area contributed by atoms with E-state index in [-0.39, 0.29) is 0 Å². The third kappa shape index (κ3) is 3.44. The molecule has 78 valence electrons. The fraction of sp³-hybridized carbons (Fsp3) is 0.545. The average molecular weight is 195 g/mol. The Morgan fingerprint density at radius 3 is 2.79 bits per heavy atom. The highest BCUT2D eigenvalue weighted by molar-refractivity contribution is 5.14. The Hall–Kier alpha value is -0.930. The van der Waals surface area contributed by atoms with Crippen LogP contribution in [0.2, 0.25) is 0 Å². The summed E-state index contributed by atoms with van der Waals surface area (Å²) in [7, 11) is 1.58. The van der Waals surface area contributed by atoms with Crippen molar-refractivity contribution in [1.29, 1.82) is 0 Å². The first-order chi connectivity index (χ1) is 6.76. The van der Waals surface area contributed by atoms with Gasteiger partial charge < -0.3 is 9.84 Å². The number of aromatic nitrogens is 1. The number of aryl methyl sites for hydroxylation is 1. The smallest absolute Gasteiger partial charge is 0.0828 e. The van der Waals surface area contributed by atoms with Gasteiger partial charge in [0.2, 0.25) is 0 Å². The van der Waals surface area contributed by atoms with Gasteiger partial charge in [0.25, 0.3) is 0 Å². The van der Waals surface area contributed by atoms with Gasteiger partial charge in [0, 0.05) is 25.4 Å². The second-order valence-corrected chi connectivity index (χ2v) is 3.32. The lowest BCUT2D eigenvalue weighted by Crippen LogP contribution is -2.17. The molecule has 0 spiro atoms. The maximum atomic E-state index is 9.46. The van der Waals surface area contributed by atoms with Gasteiger partial charge in [-0.3, -0.25) is 4.98 Å². The van der Waals surface area contributed by atoms with Gasteiger partial charge in [-0.1, -0.05) is 13.0 Å². The van der Waals surface area contributed by atoms with E-state index in [1.54, 1.807) is 7.11 Å². The Labute approximate surface area is 84.7 Å². The minimum absolute atomic E-state index is 0.358. The van der Waals surface area contributed by atoms with E-state index in [4.69, 9.17) is 4.74 Å². The van der Waals surface area contributed by atoms with Crippen LogP contribution in [0.15, 0.2) is 18.3 Å². The second-order valence-electron chi connectivity index (χ2n) is 3.32. The van der Waals surface area contributed by atoms with E-state index in [1.165, 1.54) is 5.56 Å². The number of aliphatic hydroxyl groups is 1. The number of nitrogens with zero attached hydrogens (tertiary/aromatic N) is 1. The van der Waals surface area contributed by atoms with Crippen molar-refractivity contribution >= 4 is 0 Å². The topological polar surface area (TPSA) is 42.4 Å². The Kier molecular flexibility index (Phi) is 4.56. The summed E-state index contributed by atoms with van der Waals surface area (Å²) in [6.45, 7) is 2.45. The largest absolute Gasteiger partial charge is 0.390 e. The molecule has 0 aliphatic rings. The standard InChI is InChI=1S/C11H17NO2/c1-3-9-4-5-10(12-7-9)6-11(13)8-14-2/h4-5,7,11,13H,3,6,8H2,1-2H3. The summed E-state index contributed by atoms with van der Waals surface area (Å²) in [6, 6.07) is 4.00. The van der Waals surface area contributed by atoms with Crippen molar-refractivity contribution in [3.8, 4) is 0 Å². The van der Waals surface area contributed by atoms with Crippen LogP contribution in [0, 0.1) is 0 Å². The molecule has 1 aromatic rings. The molecule has 1 heterocycles. The minimum atomic E-state index is -0.458. The van der Waals surface area contributed by atoms with Crippen molar-refractivity contribution in [2.45, 2.75) is 25.9 Å². The van der Waals surface area contributed by atoms with Gasteiger partial charge in [0.05, 0.1) is 12.7 Å². The number of hydrogen-bond donors (Lipinski definition) is 1. The van der Waals surface area contributed by atoms with Crippen LogP contribution in [-0.2, 0) is 17.6 Å². The number of methoxy groups -OCH3 is 1. The molecule has 0 saturated heterocycles.